The van der Waals surface area contributed by atoms with Crippen LogP contribution in [0, 0.1) is 13.8 Å². The van der Waals surface area contributed by atoms with Crippen molar-refractivity contribution in [3.05, 3.63) is 56.2 Å². The Hall–Kier alpha value is -1.20. The summed E-state index contributed by atoms with van der Waals surface area (Å²) in [5, 5.41) is 2.84. The number of nitrogens with zero attached hydrogens (tertiary/aromatic N) is 1. The highest BCUT2D eigenvalue weighted by molar-refractivity contribution is 9.10. The number of anilines is 1. The number of aryl methyl sites for hydroxylation is 2. The molecule has 0 aliphatic rings. The van der Waals surface area contributed by atoms with Gasteiger partial charge in [0.2, 0.25) is 0 Å². The van der Waals surface area contributed by atoms with Gasteiger partial charge in [-0.05, 0) is 65.2 Å². The third-order valence-corrected chi connectivity index (χ3v) is 3.86. The fourth-order valence-corrected chi connectivity index (χ4v) is 2.52. The molecule has 0 saturated heterocycles. The highest BCUT2D eigenvalue weighted by atomic mass is 79.9. The minimum absolute atomic E-state index is 0.145. The highest BCUT2D eigenvalue weighted by Gasteiger charge is 2.08. The molecule has 98 valence electrons. The van der Waals surface area contributed by atoms with E-state index >= 15 is 0 Å². The van der Waals surface area contributed by atoms with E-state index in [1.54, 1.807) is 12.3 Å². The predicted molar refractivity (Wildman–Crippen MR) is 83.5 cm³/mol. The Morgan fingerprint density at radius 2 is 1.89 bits per heavy atom. The van der Waals surface area contributed by atoms with E-state index in [-0.39, 0.29) is 5.91 Å². The molecule has 1 aromatic carbocycles. The summed E-state index contributed by atoms with van der Waals surface area (Å²) in [5.41, 5.74) is 3.31. The Labute approximate surface area is 128 Å². The maximum Gasteiger partial charge on any atom is 0.255 e. The molecule has 0 saturated carbocycles. The van der Waals surface area contributed by atoms with Crippen LogP contribution in [-0.4, -0.2) is 10.9 Å². The van der Waals surface area contributed by atoms with Gasteiger partial charge in [0, 0.05) is 10.0 Å². The molecule has 1 amide bonds. The topological polar surface area (TPSA) is 42.0 Å². The number of hydrogen-bond donors (Lipinski definition) is 1. The van der Waals surface area contributed by atoms with Gasteiger partial charge in [-0.2, -0.15) is 0 Å². The molecule has 0 unspecified atom stereocenters. The lowest BCUT2D eigenvalue weighted by atomic mass is 10.1. The number of nitrogens with one attached hydrogen (secondary N) is 1. The van der Waals surface area contributed by atoms with Gasteiger partial charge in [-0.25, -0.2) is 4.98 Å². The van der Waals surface area contributed by atoms with Crippen LogP contribution in [0.4, 0.5) is 5.69 Å². The van der Waals surface area contributed by atoms with Crippen LogP contribution in [0.2, 0.25) is 0 Å². The van der Waals surface area contributed by atoms with Crippen molar-refractivity contribution in [2.24, 2.45) is 0 Å². The fourth-order valence-electron chi connectivity index (χ4n) is 1.70. The third kappa shape index (κ3) is 3.64. The summed E-state index contributed by atoms with van der Waals surface area (Å²) in [4.78, 5) is 16.3. The molecule has 2 rings (SSSR count). The Kier molecular flexibility index (Phi) is 4.37. The van der Waals surface area contributed by atoms with Gasteiger partial charge in [0.15, 0.2) is 0 Å². The van der Waals surface area contributed by atoms with Gasteiger partial charge in [0.05, 0.1) is 11.9 Å². The van der Waals surface area contributed by atoms with Gasteiger partial charge < -0.3 is 5.32 Å². The number of pyridine rings is 1. The standard InChI is InChI=1S/C14H12Br2N2O/c1-8-3-10(6-11(15)4-8)14(19)18-12-5-9(2)13(16)17-7-12/h3-7H,1-2H3,(H,18,19). The van der Waals surface area contributed by atoms with Crippen molar-refractivity contribution in [3.63, 3.8) is 0 Å². The van der Waals surface area contributed by atoms with Crippen molar-refractivity contribution in [2.75, 3.05) is 5.32 Å². The first-order valence-corrected chi connectivity index (χ1v) is 7.25. The molecular formula is C14H12Br2N2O. The molecule has 1 heterocycles. The highest BCUT2D eigenvalue weighted by Crippen LogP contribution is 2.19. The average molecular weight is 384 g/mol. The van der Waals surface area contributed by atoms with E-state index in [2.05, 4.69) is 42.2 Å². The molecular weight excluding hydrogens is 372 g/mol. The van der Waals surface area contributed by atoms with Crippen LogP contribution in [0.5, 0.6) is 0 Å². The van der Waals surface area contributed by atoms with Crippen molar-refractivity contribution < 1.29 is 4.79 Å². The zero-order valence-electron chi connectivity index (χ0n) is 10.5. The van der Waals surface area contributed by atoms with Crippen LogP contribution in [0.15, 0.2) is 39.5 Å². The quantitative estimate of drug-likeness (QED) is 0.777. The summed E-state index contributed by atoms with van der Waals surface area (Å²) in [7, 11) is 0. The van der Waals surface area contributed by atoms with Crippen LogP contribution in [0.1, 0.15) is 21.5 Å². The minimum Gasteiger partial charge on any atom is -0.321 e. The molecule has 3 nitrogen and oxygen atoms in total. The number of rotatable bonds is 2. The summed E-state index contributed by atoms with van der Waals surface area (Å²) >= 11 is 6.72. The number of halogens is 2. The van der Waals surface area contributed by atoms with Gasteiger partial charge in [0.1, 0.15) is 4.60 Å². The van der Waals surface area contributed by atoms with E-state index in [1.807, 2.05) is 32.0 Å². The first-order valence-electron chi connectivity index (χ1n) is 5.66. The number of hydrogen-bond acceptors (Lipinski definition) is 2. The minimum atomic E-state index is -0.145. The number of aromatic nitrogens is 1. The molecule has 19 heavy (non-hydrogen) atoms. The van der Waals surface area contributed by atoms with Crippen LogP contribution in [-0.2, 0) is 0 Å². The van der Waals surface area contributed by atoms with E-state index in [0.717, 1.165) is 20.2 Å². The SMILES string of the molecule is Cc1cc(Br)cc(C(=O)Nc2cnc(Br)c(C)c2)c1. The van der Waals surface area contributed by atoms with Crippen molar-refractivity contribution in [1.29, 1.82) is 0 Å². The molecule has 0 aliphatic heterocycles. The van der Waals surface area contributed by atoms with Crippen LogP contribution >= 0.6 is 31.9 Å². The summed E-state index contributed by atoms with van der Waals surface area (Å²) in [6.07, 6.45) is 1.62. The largest absolute Gasteiger partial charge is 0.321 e. The fraction of sp³-hybridized carbons (Fsp3) is 0.143. The van der Waals surface area contributed by atoms with E-state index in [1.165, 1.54) is 0 Å². The number of carbonyl (C=O) groups excluding carboxylic acids is 1. The molecule has 0 radical (unpaired) electrons. The molecule has 0 atom stereocenters. The van der Waals surface area contributed by atoms with Crippen molar-refractivity contribution in [3.8, 4) is 0 Å². The lowest BCUT2D eigenvalue weighted by molar-refractivity contribution is 0.102. The first-order chi connectivity index (χ1) is 8.95. The summed E-state index contributed by atoms with van der Waals surface area (Å²) in [5.74, 6) is -0.145. The molecule has 2 aromatic rings. The van der Waals surface area contributed by atoms with E-state index in [9.17, 15) is 4.79 Å². The second kappa shape index (κ2) is 5.84. The van der Waals surface area contributed by atoms with Crippen molar-refractivity contribution in [2.45, 2.75) is 13.8 Å². The smallest absolute Gasteiger partial charge is 0.255 e. The molecule has 0 aliphatic carbocycles. The zero-order chi connectivity index (χ0) is 14.0. The van der Waals surface area contributed by atoms with Gasteiger partial charge in [-0.15, -0.1) is 0 Å². The number of carbonyl (C=O) groups is 1. The monoisotopic (exact) mass is 382 g/mol. The second-order valence-electron chi connectivity index (χ2n) is 4.30. The summed E-state index contributed by atoms with van der Waals surface area (Å²) in [6.45, 7) is 3.88. The molecule has 0 bridgehead atoms. The van der Waals surface area contributed by atoms with Crippen molar-refractivity contribution in [1.82, 2.24) is 4.98 Å². The first kappa shape index (κ1) is 14.2. The van der Waals surface area contributed by atoms with Gasteiger partial charge in [-0.3, -0.25) is 4.79 Å². The Morgan fingerprint density at radius 1 is 1.16 bits per heavy atom. The van der Waals surface area contributed by atoms with Crippen LogP contribution in [0.25, 0.3) is 0 Å². The maximum atomic E-state index is 12.1. The molecule has 1 aromatic heterocycles. The van der Waals surface area contributed by atoms with Gasteiger partial charge >= 0.3 is 0 Å². The zero-order valence-corrected chi connectivity index (χ0v) is 13.7. The molecule has 0 spiro atoms. The average Bonchev–Trinajstić information content (AvgIpc) is 2.32. The molecule has 1 N–H and O–H groups in total. The molecule has 5 heteroatoms. The normalized spacial score (nSPS) is 10.3. The lowest BCUT2D eigenvalue weighted by Gasteiger charge is -2.07. The number of benzene rings is 1. The number of amides is 1. The molecule has 0 fully saturated rings. The third-order valence-electron chi connectivity index (χ3n) is 2.58. The second-order valence-corrected chi connectivity index (χ2v) is 5.97. The van der Waals surface area contributed by atoms with Crippen LogP contribution < -0.4 is 5.32 Å². The van der Waals surface area contributed by atoms with Gasteiger partial charge in [0.25, 0.3) is 5.91 Å². The Morgan fingerprint density at radius 3 is 2.53 bits per heavy atom. The Balaban J connectivity index is 2.22. The lowest BCUT2D eigenvalue weighted by Crippen LogP contribution is -2.12. The van der Waals surface area contributed by atoms with E-state index in [4.69, 9.17) is 0 Å². The maximum absolute atomic E-state index is 12.1. The van der Waals surface area contributed by atoms with E-state index in [0.29, 0.717) is 11.3 Å². The van der Waals surface area contributed by atoms with Gasteiger partial charge in [-0.1, -0.05) is 15.9 Å². The van der Waals surface area contributed by atoms with E-state index < -0.39 is 0 Å². The summed E-state index contributed by atoms with van der Waals surface area (Å²) in [6, 6.07) is 7.47. The Bertz CT molecular complexity index is 621. The predicted octanol–water partition coefficient (Wildman–Crippen LogP) is 4.48. The van der Waals surface area contributed by atoms with Crippen molar-refractivity contribution >= 4 is 43.5 Å². The van der Waals surface area contributed by atoms with Crippen LogP contribution in [0.3, 0.4) is 0 Å². The summed E-state index contributed by atoms with van der Waals surface area (Å²) < 4.78 is 1.67.